The van der Waals surface area contributed by atoms with E-state index < -0.39 is 15.8 Å². The molecular weight excluding hydrogens is 314 g/mol. The second kappa shape index (κ2) is 6.85. The molecule has 2 N–H and O–H groups in total. The van der Waals surface area contributed by atoms with Gasteiger partial charge in [-0.1, -0.05) is 11.6 Å². The lowest BCUT2D eigenvalue weighted by Crippen LogP contribution is -2.39. The van der Waals surface area contributed by atoms with Gasteiger partial charge in [0.25, 0.3) is 0 Å². The second-order valence-corrected chi connectivity index (χ2v) is 6.51. The summed E-state index contributed by atoms with van der Waals surface area (Å²) in [7, 11) is -2.35. The molecule has 0 aromatic heterocycles. The lowest BCUT2D eigenvalue weighted by atomic mass is 10.2. The Morgan fingerprint density at radius 2 is 2.00 bits per heavy atom. The number of rotatable bonds is 4. The van der Waals surface area contributed by atoms with Gasteiger partial charge in [-0.2, -0.15) is 4.31 Å². The van der Waals surface area contributed by atoms with Crippen LogP contribution in [0.25, 0.3) is 0 Å². The van der Waals surface area contributed by atoms with Gasteiger partial charge in [0.2, 0.25) is 10.0 Å². The summed E-state index contributed by atoms with van der Waals surface area (Å²) in [5.41, 5.74) is 5.67. The lowest BCUT2D eigenvalue weighted by Gasteiger charge is -2.23. The van der Waals surface area contributed by atoms with Crippen LogP contribution in [0.15, 0.2) is 17.0 Å². The monoisotopic (exact) mass is 330 g/mol. The zero-order valence-electron chi connectivity index (χ0n) is 10.9. The molecule has 0 aliphatic rings. The minimum absolute atomic E-state index is 0. The minimum Gasteiger partial charge on any atom is -0.329 e. The summed E-state index contributed by atoms with van der Waals surface area (Å²) in [5.74, 6) is -0.534. The molecule has 19 heavy (non-hydrogen) atoms. The molecular formula is C11H17Cl2FN2O2S. The molecule has 0 bridgehead atoms. The highest BCUT2D eigenvalue weighted by Crippen LogP contribution is 2.27. The summed E-state index contributed by atoms with van der Waals surface area (Å²) in [4.78, 5) is -0.106. The van der Waals surface area contributed by atoms with Gasteiger partial charge in [-0.15, -0.1) is 12.4 Å². The SMILES string of the molecule is Cc1cc(S(=O)(=O)N(C)C(C)CN)c(Cl)cc1F.Cl. The largest absolute Gasteiger partial charge is 0.329 e. The van der Waals surface area contributed by atoms with Gasteiger partial charge >= 0.3 is 0 Å². The quantitative estimate of drug-likeness (QED) is 0.920. The number of benzene rings is 1. The molecule has 1 unspecified atom stereocenters. The Labute approximate surface area is 124 Å². The van der Waals surface area contributed by atoms with E-state index in [-0.39, 0.29) is 40.5 Å². The highest BCUT2D eigenvalue weighted by atomic mass is 35.5. The van der Waals surface area contributed by atoms with Crippen molar-refractivity contribution in [1.82, 2.24) is 4.31 Å². The molecule has 0 saturated heterocycles. The van der Waals surface area contributed by atoms with E-state index in [9.17, 15) is 12.8 Å². The number of likely N-dealkylation sites (N-methyl/N-ethyl adjacent to an activating group) is 1. The fourth-order valence-corrected chi connectivity index (χ4v) is 3.31. The molecule has 1 aromatic rings. The van der Waals surface area contributed by atoms with Gasteiger partial charge in [0, 0.05) is 19.6 Å². The molecule has 0 aliphatic heterocycles. The van der Waals surface area contributed by atoms with Crippen LogP contribution < -0.4 is 5.73 Å². The maximum Gasteiger partial charge on any atom is 0.244 e. The molecule has 1 rings (SSSR count). The standard InChI is InChI=1S/C11H16ClFN2O2S.ClH/c1-7-4-11(9(12)5-10(7)13)18(16,17)15(3)8(2)6-14;/h4-5,8H,6,14H2,1-3H3;1H. The number of aryl methyl sites for hydroxylation is 1. The molecule has 0 heterocycles. The van der Waals surface area contributed by atoms with Crippen molar-refractivity contribution in [3.63, 3.8) is 0 Å². The van der Waals surface area contributed by atoms with E-state index in [4.69, 9.17) is 17.3 Å². The number of hydrogen-bond acceptors (Lipinski definition) is 3. The highest BCUT2D eigenvalue weighted by molar-refractivity contribution is 7.89. The molecule has 0 amide bonds. The van der Waals surface area contributed by atoms with Gasteiger partial charge in [0.15, 0.2) is 0 Å². The van der Waals surface area contributed by atoms with Crippen molar-refractivity contribution in [2.75, 3.05) is 13.6 Å². The van der Waals surface area contributed by atoms with Crippen LogP contribution in [0.5, 0.6) is 0 Å². The maximum atomic E-state index is 13.3. The van der Waals surface area contributed by atoms with Crippen molar-refractivity contribution in [2.24, 2.45) is 5.73 Å². The van der Waals surface area contributed by atoms with Crippen LogP contribution in [-0.2, 0) is 10.0 Å². The average molecular weight is 331 g/mol. The third kappa shape index (κ3) is 3.79. The highest BCUT2D eigenvalue weighted by Gasteiger charge is 2.27. The van der Waals surface area contributed by atoms with Gasteiger partial charge in [0.1, 0.15) is 10.7 Å². The average Bonchev–Trinajstić information content (AvgIpc) is 2.31. The summed E-state index contributed by atoms with van der Waals surface area (Å²) in [6.07, 6.45) is 0. The van der Waals surface area contributed by atoms with Crippen molar-refractivity contribution in [3.05, 3.63) is 28.5 Å². The van der Waals surface area contributed by atoms with E-state index in [0.717, 1.165) is 10.4 Å². The summed E-state index contributed by atoms with van der Waals surface area (Å²) < 4.78 is 39.0. The Hall–Kier alpha value is -0.400. The van der Waals surface area contributed by atoms with Crippen molar-refractivity contribution < 1.29 is 12.8 Å². The Morgan fingerprint density at radius 3 is 2.47 bits per heavy atom. The van der Waals surface area contributed by atoms with E-state index in [1.807, 2.05) is 0 Å². The van der Waals surface area contributed by atoms with Crippen LogP contribution in [0.3, 0.4) is 0 Å². The molecule has 0 spiro atoms. The van der Waals surface area contributed by atoms with Crippen LogP contribution in [0.4, 0.5) is 4.39 Å². The maximum absolute atomic E-state index is 13.3. The van der Waals surface area contributed by atoms with Gasteiger partial charge in [-0.3, -0.25) is 0 Å². The van der Waals surface area contributed by atoms with E-state index in [0.29, 0.717) is 0 Å². The first-order valence-corrected chi connectivity index (χ1v) is 7.17. The van der Waals surface area contributed by atoms with Crippen molar-refractivity contribution >= 4 is 34.0 Å². The molecule has 0 aliphatic carbocycles. The van der Waals surface area contributed by atoms with Gasteiger partial charge < -0.3 is 5.73 Å². The summed E-state index contributed by atoms with van der Waals surface area (Å²) in [5, 5.41) is -0.130. The fourth-order valence-electron chi connectivity index (χ4n) is 1.37. The third-order valence-corrected chi connectivity index (χ3v) is 5.27. The molecule has 8 heteroatoms. The van der Waals surface area contributed by atoms with Crippen molar-refractivity contribution in [3.8, 4) is 0 Å². The third-order valence-electron chi connectivity index (χ3n) is 2.83. The first-order valence-electron chi connectivity index (χ1n) is 5.35. The van der Waals surface area contributed by atoms with E-state index in [2.05, 4.69) is 0 Å². The topological polar surface area (TPSA) is 63.4 Å². The lowest BCUT2D eigenvalue weighted by molar-refractivity contribution is 0.394. The normalized spacial score (nSPS) is 13.2. The molecule has 0 fully saturated rings. The van der Waals surface area contributed by atoms with Crippen LogP contribution in [0.1, 0.15) is 12.5 Å². The molecule has 1 aromatic carbocycles. The Bertz CT molecular complexity index is 552. The van der Waals surface area contributed by atoms with Gasteiger partial charge in [0.05, 0.1) is 5.02 Å². The van der Waals surface area contributed by atoms with Crippen LogP contribution >= 0.6 is 24.0 Å². The predicted octanol–water partition coefficient (Wildman–Crippen LogP) is 2.18. The Balaban J connectivity index is 0.00000324. The van der Waals surface area contributed by atoms with Crippen molar-refractivity contribution in [2.45, 2.75) is 24.8 Å². The summed E-state index contributed by atoms with van der Waals surface area (Å²) in [6, 6.07) is 1.87. The Morgan fingerprint density at radius 1 is 1.47 bits per heavy atom. The summed E-state index contributed by atoms with van der Waals surface area (Å²) >= 11 is 5.80. The molecule has 0 radical (unpaired) electrons. The van der Waals surface area contributed by atoms with E-state index in [1.165, 1.54) is 20.0 Å². The number of halogens is 3. The number of hydrogen-bond donors (Lipinski definition) is 1. The van der Waals surface area contributed by atoms with Crippen molar-refractivity contribution in [1.29, 1.82) is 0 Å². The van der Waals surface area contributed by atoms with E-state index >= 15 is 0 Å². The molecule has 110 valence electrons. The molecule has 0 saturated carbocycles. The molecule has 1 atom stereocenters. The first-order chi connectivity index (χ1) is 8.21. The van der Waals surface area contributed by atoms with Crippen LogP contribution in [-0.4, -0.2) is 32.4 Å². The zero-order valence-corrected chi connectivity index (χ0v) is 13.2. The smallest absolute Gasteiger partial charge is 0.244 e. The number of sulfonamides is 1. The predicted molar refractivity (Wildman–Crippen MR) is 76.9 cm³/mol. The van der Waals surface area contributed by atoms with E-state index in [1.54, 1.807) is 6.92 Å². The second-order valence-electron chi connectivity index (χ2n) is 4.14. The number of nitrogens with two attached hydrogens (primary N) is 1. The van der Waals surface area contributed by atoms with Gasteiger partial charge in [-0.25, -0.2) is 12.8 Å². The van der Waals surface area contributed by atoms with Gasteiger partial charge in [-0.05, 0) is 31.5 Å². The van der Waals surface area contributed by atoms with Crippen LogP contribution in [0, 0.1) is 12.7 Å². The fraction of sp³-hybridized carbons (Fsp3) is 0.455. The summed E-state index contributed by atoms with van der Waals surface area (Å²) in [6.45, 7) is 3.35. The van der Waals surface area contributed by atoms with Crippen LogP contribution in [0.2, 0.25) is 5.02 Å². The number of nitrogens with zero attached hydrogens (tertiary/aromatic N) is 1. The Kier molecular flexibility index (Phi) is 6.71. The first kappa shape index (κ1) is 18.6. The zero-order chi connectivity index (χ0) is 14.1. The minimum atomic E-state index is -3.77. The molecule has 4 nitrogen and oxygen atoms in total.